The van der Waals surface area contributed by atoms with E-state index >= 15 is 0 Å². The number of aromatic nitrogens is 2. The molecular weight excluding hydrogens is 340 g/mol. The number of amides is 1. The predicted molar refractivity (Wildman–Crippen MR) is 105 cm³/mol. The topological polar surface area (TPSA) is 70.2 Å². The minimum Gasteiger partial charge on any atom is -0.489 e. The molecule has 0 radical (unpaired) electrons. The van der Waals surface area contributed by atoms with Gasteiger partial charge in [0.25, 0.3) is 5.91 Å². The van der Waals surface area contributed by atoms with E-state index in [-0.39, 0.29) is 5.91 Å². The summed E-state index contributed by atoms with van der Waals surface area (Å²) in [7, 11) is 2.02. The second kappa shape index (κ2) is 7.53. The lowest BCUT2D eigenvalue weighted by Crippen LogP contribution is -2.32. The number of nitrogens with one attached hydrogen (secondary N) is 2. The van der Waals surface area contributed by atoms with Gasteiger partial charge in [0.15, 0.2) is 5.75 Å². The molecule has 27 heavy (non-hydrogen) atoms. The van der Waals surface area contributed by atoms with Gasteiger partial charge in [0.2, 0.25) is 0 Å². The van der Waals surface area contributed by atoms with Gasteiger partial charge in [-0.3, -0.25) is 4.79 Å². The third kappa shape index (κ3) is 3.65. The van der Waals surface area contributed by atoms with Gasteiger partial charge in [-0.1, -0.05) is 30.3 Å². The Labute approximate surface area is 158 Å². The number of hydrogen-bond acceptors (Lipinski definition) is 4. The number of benzene rings is 2. The summed E-state index contributed by atoms with van der Waals surface area (Å²) in [5, 5.41) is 3.00. The molecule has 0 saturated heterocycles. The van der Waals surface area contributed by atoms with Crippen molar-refractivity contribution in [3.05, 3.63) is 66.2 Å². The lowest BCUT2D eigenvalue weighted by atomic mass is 9.99. The Balaban J connectivity index is 1.63. The van der Waals surface area contributed by atoms with Gasteiger partial charge in [0, 0.05) is 31.9 Å². The van der Waals surface area contributed by atoms with Crippen LogP contribution in [0.3, 0.4) is 0 Å². The van der Waals surface area contributed by atoms with Crippen molar-refractivity contribution in [2.75, 3.05) is 31.6 Å². The Morgan fingerprint density at radius 1 is 1.26 bits per heavy atom. The number of rotatable bonds is 5. The molecule has 0 aliphatic carbocycles. The molecule has 4 rings (SSSR count). The highest BCUT2D eigenvalue weighted by Gasteiger charge is 2.24. The molecular formula is C21H22N4O2. The minimum atomic E-state index is -0.126. The summed E-state index contributed by atoms with van der Waals surface area (Å²) < 4.78 is 5.87. The number of anilines is 1. The zero-order valence-corrected chi connectivity index (χ0v) is 15.2. The van der Waals surface area contributed by atoms with Crippen molar-refractivity contribution in [1.82, 2.24) is 15.3 Å². The first-order valence-electron chi connectivity index (χ1n) is 9.05. The molecule has 138 valence electrons. The second-order valence-corrected chi connectivity index (χ2v) is 6.59. The molecule has 0 fully saturated rings. The number of likely N-dealkylation sites (N-methyl/N-ethyl adjacent to an activating group) is 1. The quantitative estimate of drug-likeness (QED) is 0.732. The molecule has 1 aliphatic heterocycles. The van der Waals surface area contributed by atoms with Crippen molar-refractivity contribution in [2.45, 2.75) is 6.42 Å². The van der Waals surface area contributed by atoms with E-state index in [1.807, 2.05) is 43.4 Å². The van der Waals surface area contributed by atoms with Gasteiger partial charge in [-0.05, 0) is 23.3 Å². The fourth-order valence-electron chi connectivity index (χ4n) is 3.25. The number of carbonyl (C=O) groups excluding carboxylic acids is 1. The average molecular weight is 362 g/mol. The maximum atomic E-state index is 12.9. The Bertz CT molecular complexity index is 923. The second-order valence-electron chi connectivity index (χ2n) is 6.59. The van der Waals surface area contributed by atoms with E-state index < -0.39 is 0 Å². The molecule has 6 nitrogen and oxygen atoms in total. The summed E-state index contributed by atoms with van der Waals surface area (Å²) >= 11 is 0. The normalized spacial score (nSPS) is 13.0. The van der Waals surface area contributed by atoms with E-state index in [1.54, 1.807) is 12.5 Å². The molecule has 0 unspecified atom stereocenters. The van der Waals surface area contributed by atoms with Crippen molar-refractivity contribution in [3.63, 3.8) is 0 Å². The van der Waals surface area contributed by atoms with Crippen LogP contribution in [0.2, 0.25) is 0 Å². The first-order valence-corrected chi connectivity index (χ1v) is 9.05. The van der Waals surface area contributed by atoms with Crippen molar-refractivity contribution in [1.29, 1.82) is 0 Å². The van der Waals surface area contributed by atoms with Crippen LogP contribution in [0.25, 0.3) is 11.1 Å². The fraction of sp³-hybridized carbons (Fsp3) is 0.238. The van der Waals surface area contributed by atoms with Crippen molar-refractivity contribution < 1.29 is 9.53 Å². The molecule has 1 aliphatic rings. The molecule has 1 amide bonds. The zero-order valence-electron chi connectivity index (χ0n) is 15.2. The number of H-pyrrole nitrogens is 1. The van der Waals surface area contributed by atoms with Crippen LogP contribution >= 0.6 is 0 Å². The number of carbonyl (C=O) groups is 1. The number of fused-ring (bicyclic) bond motifs is 1. The van der Waals surface area contributed by atoms with Crippen molar-refractivity contribution in [2.24, 2.45) is 0 Å². The third-order valence-electron chi connectivity index (χ3n) is 4.74. The molecule has 2 heterocycles. The molecule has 6 heteroatoms. The molecule has 0 saturated carbocycles. The van der Waals surface area contributed by atoms with Gasteiger partial charge in [-0.25, -0.2) is 4.98 Å². The Morgan fingerprint density at radius 2 is 2.11 bits per heavy atom. The Hall–Kier alpha value is -3.28. The van der Waals surface area contributed by atoms with Gasteiger partial charge in [0.1, 0.15) is 6.61 Å². The number of nitrogens with zero attached hydrogens (tertiary/aromatic N) is 2. The Kier molecular flexibility index (Phi) is 4.78. The SMILES string of the molecule is CN1CCOc2c(C(=O)NCCc3cnc[nH]3)cc(-c3ccccc3)cc21. The van der Waals surface area contributed by atoms with Crippen LogP contribution < -0.4 is 15.0 Å². The van der Waals surface area contributed by atoms with E-state index in [0.29, 0.717) is 30.9 Å². The van der Waals surface area contributed by atoms with Gasteiger partial charge in [-0.15, -0.1) is 0 Å². The summed E-state index contributed by atoms with van der Waals surface area (Å²) in [4.78, 5) is 22.1. The maximum Gasteiger partial charge on any atom is 0.255 e. The van der Waals surface area contributed by atoms with E-state index in [1.165, 1.54) is 0 Å². The van der Waals surface area contributed by atoms with Crippen LogP contribution in [0, 0.1) is 0 Å². The van der Waals surface area contributed by atoms with Crippen LogP contribution in [0.1, 0.15) is 16.1 Å². The third-order valence-corrected chi connectivity index (χ3v) is 4.74. The number of ether oxygens (including phenoxy) is 1. The van der Waals surface area contributed by atoms with Crippen molar-refractivity contribution >= 4 is 11.6 Å². The lowest BCUT2D eigenvalue weighted by Gasteiger charge is -2.29. The molecule has 0 atom stereocenters. The molecule has 0 bridgehead atoms. The van der Waals surface area contributed by atoms with E-state index in [4.69, 9.17) is 4.74 Å². The zero-order chi connectivity index (χ0) is 18.6. The maximum absolute atomic E-state index is 12.9. The molecule has 2 N–H and O–H groups in total. The van der Waals surface area contributed by atoms with Gasteiger partial charge < -0.3 is 19.9 Å². The smallest absolute Gasteiger partial charge is 0.255 e. The van der Waals surface area contributed by atoms with Crippen LogP contribution in [-0.4, -0.2) is 42.6 Å². The largest absolute Gasteiger partial charge is 0.489 e. The summed E-state index contributed by atoms with van der Waals surface area (Å²) in [6, 6.07) is 14.1. The summed E-state index contributed by atoms with van der Waals surface area (Å²) in [6.45, 7) is 1.90. The van der Waals surface area contributed by atoms with E-state index in [9.17, 15) is 4.79 Å². The van der Waals surface area contributed by atoms with Crippen LogP contribution in [-0.2, 0) is 6.42 Å². The summed E-state index contributed by atoms with van der Waals surface area (Å²) in [5.41, 5.74) is 4.59. The van der Waals surface area contributed by atoms with Crippen LogP contribution in [0.5, 0.6) is 5.75 Å². The molecule has 2 aromatic carbocycles. The average Bonchev–Trinajstić information content (AvgIpc) is 3.22. The van der Waals surface area contributed by atoms with Crippen molar-refractivity contribution in [3.8, 4) is 16.9 Å². The molecule has 1 aromatic heterocycles. The van der Waals surface area contributed by atoms with Gasteiger partial charge in [0.05, 0.1) is 24.1 Å². The highest BCUT2D eigenvalue weighted by Crippen LogP contribution is 2.38. The Morgan fingerprint density at radius 3 is 2.89 bits per heavy atom. The summed E-state index contributed by atoms with van der Waals surface area (Å²) in [5.74, 6) is 0.529. The monoisotopic (exact) mass is 362 g/mol. The molecule has 0 spiro atoms. The lowest BCUT2D eigenvalue weighted by molar-refractivity contribution is 0.0950. The minimum absolute atomic E-state index is 0.126. The fourth-order valence-corrected chi connectivity index (χ4v) is 3.25. The standard InChI is InChI=1S/C21H22N4O2/c1-25-9-10-27-20-18(21(26)23-8-7-17-13-22-14-24-17)11-16(12-19(20)25)15-5-3-2-4-6-15/h2-6,11-14H,7-10H2,1H3,(H,22,24)(H,23,26). The first-order chi connectivity index (χ1) is 13.2. The predicted octanol–water partition coefficient (Wildman–Crippen LogP) is 2.88. The molecule has 3 aromatic rings. The number of hydrogen-bond donors (Lipinski definition) is 2. The highest BCUT2D eigenvalue weighted by molar-refractivity contribution is 6.00. The summed E-state index contributed by atoms with van der Waals surface area (Å²) in [6.07, 6.45) is 4.11. The van der Waals surface area contributed by atoms with E-state index in [2.05, 4.69) is 26.3 Å². The van der Waals surface area contributed by atoms with Crippen LogP contribution in [0.4, 0.5) is 5.69 Å². The highest BCUT2D eigenvalue weighted by atomic mass is 16.5. The van der Waals surface area contributed by atoms with Gasteiger partial charge >= 0.3 is 0 Å². The first kappa shape index (κ1) is 17.1. The number of aromatic amines is 1. The number of imidazole rings is 1. The van der Waals surface area contributed by atoms with Gasteiger partial charge in [-0.2, -0.15) is 0 Å². The van der Waals surface area contributed by atoms with E-state index in [0.717, 1.165) is 29.1 Å². The van der Waals surface area contributed by atoms with Crippen LogP contribution in [0.15, 0.2) is 55.0 Å².